The van der Waals surface area contributed by atoms with Crippen LogP contribution in [0.2, 0.25) is 0 Å². The number of hydrogen-bond acceptors (Lipinski definition) is 2. The molecular weight excluding hydrogens is 224 g/mol. The van der Waals surface area contributed by atoms with Crippen LogP contribution in [0.3, 0.4) is 0 Å². The van der Waals surface area contributed by atoms with Crippen molar-refractivity contribution in [3.8, 4) is 0 Å². The van der Waals surface area contributed by atoms with Gasteiger partial charge in [0.2, 0.25) is 0 Å². The Morgan fingerprint density at radius 1 is 0.941 bits per heavy atom. The molecule has 17 heavy (non-hydrogen) atoms. The fourth-order valence-corrected chi connectivity index (χ4v) is 3.43. The third-order valence-electron chi connectivity index (χ3n) is 4.58. The summed E-state index contributed by atoms with van der Waals surface area (Å²) < 4.78 is 32.9. The second-order valence-electron chi connectivity index (χ2n) is 5.58. The minimum absolute atomic E-state index is 0.121. The Kier molecular flexibility index (Phi) is 4.36. The van der Waals surface area contributed by atoms with E-state index in [9.17, 15) is 8.78 Å². The van der Waals surface area contributed by atoms with E-state index in [2.05, 4.69) is 0 Å². The fraction of sp³-hybridized carbons (Fsp3) is 1.00. The highest BCUT2D eigenvalue weighted by Gasteiger charge is 2.43. The molecule has 0 bridgehead atoms. The van der Waals surface area contributed by atoms with Gasteiger partial charge in [0.25, 0.3) is 0 Å². The van der Waals surface area contributed by atoms with Gasteiger partial charge in [-0.1, -0.05) is 0 Å². The molecule has 100 valence electrons. The van der Waals surface area contributed by atoms with Crippen molar-refractivity contribution in [3.63, 3.8) is 0 Å². The van der Waals surface area contributed by atoms with Crippen LogP contribution in [0, 0.1) is 11.8 Å². The normalized spacial score (nSPS) is 48.0. The predicted molar refractivity (Wildman–Crippen MR) is 63.2 cm³/mol. The first-order chi connectivity index (χ1) is 8.13. The number of alkyl halides is 2. The smallest absolute Gasteiger partial charge is 0.157 e. The van der Waals surface area contributed by atoms with E-state index in [0.717, 1.165) is 32.1 Å². The molecule has 4 atom stereocenters. The second-order valence-corrected chi connectivity index (χ2v) is 5.58. The Hall–Kier alpha value is -0.220. The first-order valence-corrected chi connectivity index (χ1v) is 6.70. The number of ether oxygens (including phenoxy) is 1. The summed E-state index contributed by atoms with van der Waals surface area (Å²) in [5.74, 6) is 0.199. The van der Waals surface area contributed by atoms with E-state index in [4.69, 9.17) is 10.5 Å². The molecule has 4 unspecified atom stereocenters. The van der Waals surface area contributed by atoms with Crippen LogP contribution in [0.5, 0.6) is 0 Å². The summed E-state index contributed by atoms with van der Waals surface area (Å²) in [7, 11) is 1.46. The lowest BCUT2D eigenvalue weighted by Gasteiger charge is -2.40. The van der Waals surface area contributed by atoms with Crippen molar-refractivity contribution < 1.29 is 13.5 Å². The molecule has 4 heteroatoms. The number of rotatable bonds is 2. The zero-order valence-corrected chi connectivity index (χ0v) is 10.4. The Bertz CT molecular complexity index is 242. The minimum Gasteiger partial charge on any atom is -0.378 e. The number of nitrogens with two attached hydrogens (primary N) is 1. The van der Waals surface area contributed by atoms with Gasteiger partial charge in [0.05, 0.1) is 6.10 Å². The van der Waals surface area contributed by atoms with Crippen molar-refractivity contribution in [2.45, 2.75) is 63.0 Å². The maximum atomic E-state index is 14.1. The molecule has 0 radical (unpaired) electrons. The van der Waals surface area contributed by atoms with Gasteiger partial charge in [-0.15, -0.1) is 0 Å². The maximum Gasteiger partial charge on any atom is 0.157 e. The van der Waals surface area contributed by atoms with Crippen LogP contribution in [0.25, 0.3) is 0 Å². The average molecular weight is 247 g/mol. The van der Waals surface area contributed by atoms with Crippen molar-refractivity contribution in [1.82, 2.24) is 0 Å². The molecule has 2 nitrogen and oxygen atoms in total. The SMILES string of the molecule is COC1CCC(C2CCC(N)CC2)C(F)C1F. The maximum absolute atomic E-state index is 14.1. The van der Waals surface area contributed by atoms with E-state index < -0.39 is 18.4 Å². The van der Waals surface area contributed by atoms with E-state index in [1.165, 1.54) is 7.11 Å². The molecule has 0 aromatic carbocycles. The molecule has 0 heterocycles. The van der Waals surface area contributed by atoms with Crippen LogP contribution in [-0.4, -0.2) is 31.6 Å². The molecule has 2 fully saturated rings. The summed E-state index contributed by atoms with van der Waals surface area (Å²) >= 11 is 0. The molecule has 0 spiro atoms. The third kappa shape index (κ3) is 2.79. The minimum atomic E-state index is -1.45. The van der Waals surface area contributed by atoms with Crippen molar-refractivity contribution in [2.24, 2.45) is 17.6 Å². The molecular formula is C13H23F2NO. The summed E-state index contributed by atoms with van der Waals surface area (Å²) in [6.07, 6.45) is 1.87. The lowest BCUT2D eigenvalue weighted by atomic mass is 9.70. The standard InChI is InChI=1S/C13H23F2NO/c1-17-11-7-6-10(12(14)13(11)15)8-2-4-9(16)5-3-8/h8-13H,2-7,16H2,1H3. The number of hydrogen-bond donors (Lipinski definition) is 1. The molecule has 2 saturated carbocycles. The van der Waals surface area contributed by atoms with Crippen LogP contribution in [0.4, 0.5) is 8.78 Å². The molecule has 2 rings (SSSR count). The quantitative estimate of drug-likeness (QED) is 0.814. The number of methoxy groups -OCH3 is 1. The topological polar surface area (TPSA) is 35.2 Å². The van der Waals surface area contributed by atoms with Gasteiger partial charge < -0.3 is 10.5 Å². The Morgan fingerprint density at radius 3 is 2.18 bits per heavy atom. The third-order valence-corrected chi connectivity index (χ3v) is 4.58. The molecule has 0 saturated heterocycles. The number of halogens is 2. The van der Waals surface area contributed by atoms with E-state index >= 15 is 0 Å². The molecule has 0 aromatic rings. The Labute approximate surface area is 102 Å². The van der Waals surface area contributed by atoms with E-state index in [-0.39, 0.29) is 12.0 Å². The van der Waals surface area contributed by atoms with Crippen molar-refractivity contribution in [1.29, 1.82) is 0 Å². The van der Waals surface area contributed by atoms with Crippen LogP contribution in [-0.2, 0) is 4.74 Å². The largest absolute Gasteiger partial charge is 0.378 e. The van der Waals surface area contributed by atoms with Gasteiger partial charge in [0, 0.05) is 13.2 Å². The highest BCUT2D eigenvalue weighted by molar-refractivity contribution is 4.93. The molecule has 2 N–H and O–H groups in total. The van der Waals surface area contributed by atoms with Gasteiger partial charge in [-0.2, -0.15) is 0 Å². The summed E-state index contributed by atoms with van der Waals surface area (Å²) in [5, 5.41) is 0. The fourth-order valence-electron chi connectivity index (χ4n) is 3.43. The highest BCUT2D eigenvalue weighted by Crippen LogP contribution is 2.41. The predicted octanol–water partition coefficient (Wildman–Crippen LogP) is 2.61. The first kappa shape index (κ1) is 13.2. The molecule has 2 aliphatic carbocycles. The van der Waals surface area contributed by atoms with E-state index in [1.807, 2.05) is 0 Å². The van der Waals surface area contributed by atoms with E-state index in [1.54, 1.807) is 0 Å². The van der Waals surface area contributed by atoms with Gasteiger partial charge in [-0.05, 0) is 50.4 Å². The lowest BCUT2D eigenvalue weighted by molar-refractivity contribution is -0.0711. The summed E-state index contributed by atoms with van der Waals surface area (Å²) in [6, 6.07) is 0.265. The Balaban J connectivity index is 1.93. The zero-order valence-electron chi connectivity index (χ0n) is 10.4. The van der Waals surface area contributed by atoms with Crippen LogP contribution >= 0.6 is 0 Å². The summed E-state index contributed by atoms with van der Waals surface area (Å²) in [4.78, 5) is 0. The van der Waals surface area contributed by atoms with Gasteiger partial charge in [0.15, 0.2) is 6.17 Å². The van der Waals surface area contributed by atoms with Crippen molar-refractivity contribution in [2.75, 3.05) is 7.11 Å². The summed E-state index contributed by atoms with van der Waals surface area (Å²) in [6.45, 7) is 0. The molecule has 0 amide bonds. The van der Waals surface area contributed by atoms with E-state index in [0.29, 0.717) is 12.3 Å². The van der Waals surface area contributed by atoms with Gasteiger partial charge in [-0.3, -0.25) is 0 Å². The average Bonchev–Trinajstić information content (AvgIpc) is 2.34. The van der Waals surface area contributed by atoms with Crippen LogP contribution < -0.4 is 5.73 Å². The molecule has 0 aliphatic heterocycles. The summed E-state index contributed by atoms with van der Waals surface area (Å²) in [5.41, 5.74) is 5.84. The van der Waals surface area contributed by atoms with Crippen molar-refractivity contribution >= 4 is 0 Å². The second kappa shape index (κ2) is 5.61. The van der Waals surface area contributed by atoms with Gasteiger partial charge in [-0.25, -0.2) is 8.78 Å². The zero-order chi connectivity index (χ0) is 12.4. The van der Waals surface area contributed by atoms with Crippen LogP contribution in [0.1, 0.15) is 38.5 Å². The Morgan fingerprint density at radius 2 is 1.59 bits per heavy atom. The van der Waals surface area contributed by atoms with Crippen LogP contribution in [0.15, 0.2) is 0 Å². The monoisotopic (exact) mass is 247 g/mol. The van der Waals surface area contributed by atoms with Gasteiger partial charge >= 0.3 is 0 Å². The molecule has 0 aromatic heterocycles. The van der Waals surface area contributed by atoms with Gasteiger partial charge in [0.1, 0.15) is 6.17 Å². The lowest BCUT2D eigenvalue weighted by Crippen LogP contribution is -2.45. The highest BCUT2D eigenvalue weighted by atomic mass is 19.2. The first-order valence-electron chi connectivity index (χ1n) is 6.70. The molecule has 2 aliphatic rings. The van der Waals surface area contributed by atoms with Crippen molar-refractivity contribution in [3.05, 3.63) is 0 Å².